The minimum absolute atomic E-state index is 0.766. The van der Waals surface area contributed by atoms with Gasteiger partial charge in [-0.05, 0) is 17.7 Å². The van der Waals surface area contributed by atoms with Crippen molar-refractivity contribution in [2.75, 3.05) is 6.54 Å². The molecule has 5 heteroatoms. The summed E-state index contributed by atoms with van der Waals surface area (Å²) in [6, 6.07) is 7.89. The summed E-state index contributed by atoms with van der Waals surface area (Å²) in [4.78, 5) is 0. The first-order valence-electron chi connectivity index (χ1n) is 5.69. The molecule has 88 valence electrons. The molecule has 0 unspecified atom stereocenters. The molecule has 0 aliphatic carbocycles. The van der Waals surface area contributed by atoms with E-state index < -0.39 is 0 Å². The lowest BCUT2D eigenvalue weighted by Gasteiger charge is -2.15. The van der Waals surface area contributed by atoms with Gasteiger partial charge in [-0.15, -0.1) is 10.2 Å². The van der Waals surface area contributed by atoms with E-state index in [1.165, 1.54) is 5.56 Å². The Morgan fingerprint density at radius 2 is 2.29 bits per heavy atom. The van der Waals surface area contributed by atoms with Gasteiger partial charge in [-0.25, -0.2) is 0 Å². The van der Waals surface area contributed by atoms with Crippen molar-refractivity contribution in [3.05, 3.63) is 46.5 Å². The summed E-state index contributed by atoms with van der Waals surface area (Å²) >= 11 is 5.98. The highest BCUT2D eigenvalue weighted by Crippen LogP contribution is 2.15. The van der Waals surface area contributed by atoms with Gasteiger partial charge in [0.1, 0.15) is 11.6 Å². The summed E-state index contributed by atoms with van der Waals surface area (Å²) in [7, 11) is 0. The minimum atomic E-state index is 0.766. The molecule has 2 heterocycles. The van der Waals surface area contributed by atoms with E-state index in [1.54, 1.807) is 0 Å². The van der Waals surface area contributed by atoms with E-state index in [9.17, 15) is 0 Å². The summed E-state index contributed by atoms with van der Waals surface area (Å²) in [6.45, 7) is 2.73. The zero-order valence-electron chi connectivity index (χ0n) is 9.36. The molecule has 0 radical (unpaired) electrons. The Morgan fingerprint density at radius 1 is 1.35 bits per heavy atom. The maximum atomic E-state index is 5.98. The lowest BCUT2D eigenvalue weighted by atomic mass is 10.1. The highest BCUT2D eigenvalue weighted by Gasteiger charge is 2.15. The van der Waals surface area contributed by atoms with Gasteiger partial charge in [-0.3, -0.25) is 0 Å². The summed E-state index contributed by atoms with van der Waals surface area (Å²) < 4.78 is 2.19. The molecule has 0 saturated carbocycles. The zero-order chi connectivity index (χ0) is 11.7. The van der Waals surface area contributed by atoms with E-state index >= 15 is 0 Å². The molecule has 3 rings (SSSR count). The van der Waals surface area contributed by atoms with Crippen molar-refractivity contribution < 1.29 is 0 Å². The van der Waals surface area contributed by atoms with Gasteiger partial charge in [0.05, 0.1) is 6.54 Å². The number of halogens is 1. The van der Waals surface area contributed by atoms with Gasteiger partial charge in [0.15, 0.2) is 0 Å². The van der Waals surface area contributed by atoms with Crippen molar-refractivity contribution in [1.29, 1.82) is 0 Å². The van der Waals surface area contributed by atoms with E-state index in [0.29, 0.717) is 0 Å². The molecule has 0 spiro atoms. The van der Waals surface area contributed by atoms with Gasteiger partial charge in [-0.1, -0.05) is 23.7 Å². The smallest absolute Gasteiger partial charge is 0.147 e. The van der Waals surface area contributed by atoms with Crippen LogP contribution in [0.15, 0.2) is 24.3 Å². The van der Waals surface area contributed by atoms with Crippen molar-refractivity contribution in [2.24, 2.45) is 0 Å². The molecule has 1 aromatic carbocycles. The maximum absolute atomic E-state index is 5.98. The third-order valence-electron chi connectivity index (χ3n) is 2.95. The standard InChI is InChI=1S/C12H13ClN4/c13-10-3-1-2-9(6-10)7-11-15-16-12-8-14-4-5-17(11)12/h1-3,6,14H,4-5,7-8H2. The van der Waals surface area contributed by atoms with Crippen LogP contribution < -0.4 is 5.32 Å². The third kappa shape index (κ3) is 2.18. The van der Waals surface area contributed by atoms with Crippen LogP contribution in [0.2, 0.25) is 5.02 Å². The van der Waals surface area contributed by atoms with E-state index in [0.717, 1.165) is 42.7 Å². The fourth-order valence-corrected chi connectivity index (χ4v) is 2.33. The van der Waals surface area contributed by atoms with Crippen LogP contribution in [0, 0.1) is 0 Å². The summed E-state index contributed by atoms with van der Waals surface area (Å²) in [6.07, 6.45) is 0.785. The largest absolute Gasteiger partial charge is 0.312 e. The predicted octanol–water partition coefficient (Wildman–Crippen LogP) is 1.63. The second-order valence-electron chi connectivity index (χ2n) is 4.17. The summed E-state index contributed by atoms with van der Waals surface area (Å²) in [5, 5.41) is 12.5. The van der Waals surface area contributed by atoms with Gasteiger partial charge >= 0.3 is 0 Å². The lowest BCUT2D eigenvalue weighted by molar-refractivity contribution is 0.496. The highest BCUT2D eigenvalue weighted by atomic mass is 35.5. The number of nitrogens with zero attached hydrogens (tertiary/aromatic N) is 3. The molecule has 1 N–H and O–H groups in total. The third-order valence-corrected chi connectivity index (χ3v) is 3.19. The Kier molecular flexibility index (Phi) is 2.82. The minimum Gasteiger partial charge on any atom is -0.312 e. The number of nitrogens with one attached hydrogen (secondary N) is 1. The van der Waals surface area contributed by atoms with Crippen molar-refractivity contribution in [3.8, 4) is 0 Å². The Morgan fingerprint density at radius 3 is 3.18 bits per heavy atom. The number of hydrogen-bond donors (Lipinski definition) is 1. The first-order valence-corrected chi connectivity index (χ1v) is 6.07. The van der Waals surface area contributed by atoms with Crippen LogP contribution in [0.1, 0.15) is 17.2 Å². The van der Waals surface area contributed by atoms with Gasteiger partial charge in [0, 0.05) is 24.5 Å². The fourth-order valence-electron chi connectivity index (χ4n) is 2.11. The van der Waals surface area contributed by atoms with E-state index in [1.807, 2.05) is 18.2 Å². The Hall–Kier alpha value is -1.39. The lowest BCUT2D eigenvalue weighted by Crippen LogP contribution is -2.29. The zero-order valence-corrected chi connectivity index (χ0v) is 10.1. The van der Waals surface area contributed by atoms with E-state index in [2.05, 4.69) is 26.1 Å². The first kappa shape index (κ1) is 10.7. The number of rotatable bonds is 2. The Bertz CT molecular complexity index is 535. The molecule has 0 fully saturated rings. The van der Waals surface area contributed by atoms with Gasteiger partial charge in [0.25, 0.3) is 0 Å². The molecule has 4 nitrogen and oxygen atoms in total. The van der Waals surface area contributed by atoms with Crippen molar-refractivity contribution in [2.45, 2.75) is 19.5 Å². The van der Waals surface area contributed by atoms with Crippen LogP contribution >= 0.6 is 11.6 Å². The average molecular weight is 249 g/mol. The fraction of sp³-hybridized carbons (Fsp3) is 0.333. The Labute approximate surface area is 105 Å². The predicted molar refractivity (Wildman–Crippen MR) is 66.0 cm³/mol. The molecule has 2 aromatic rings. The molecule has 1 aromatic heterocycles. The first-order chi connectivity index (χ1) is 8.33. The number of benzene rings is 1. The summed E-state index contributed by atoms with van der Waals surface area (Å²) in [5.41, 5.74) is 1.17. The molecule has 0 saturated heterocycles. The number of aromatic nitrogens is 3. The molecule has 17 heavy (non-hydrogen) atoms. The molecular weight excluding hydrogens is 236 g/mol. The quantitative estimate of drug-likeness (QED) is 0.879. The average Bonchev–Trinajstić information content (AvgIpc) is 2.73. The van der Waals surface area contributed by atoms with Crippen LogP contribution in [-0.4, -0.2) is 21.3 Å². The van der Waals surface area contributed by atoms with E-state index in [-0.39, 0.29) is 0 Å². The number of hydrogen-bond acceptors (Lipinski definition) is 3. The second kappa shape index (κ2) is 4.47. The number of fused-ring (bicyclic) bond motifs is 1. The van der Waals surface area contributed by atoms with Crippen LogP contribution in [-0.2, 0) is 19.5 Å². The Balaban J connectivity index is 1.88. The second-order valence-corrected chi connectivity index (χ2v) is 4.60. The van der Waals surface area contributed by atoms with Crippen molar-refractivity contribution in [3.63, 3.8) is 0 Å². The monoisotopic (exact) mass is 248 g/mol. The summed E-state index contributed by atoms with van der Waals surface area (Å²) in [5.74, 6) is 2.04. The van der Waals surface area contributed by atoms with Gasteiger partial charge in [0.2, 0.25) is 0 Å². The molecular formula is C12H13ClN4. The normalized spacial score (nSPS) is 14.6. The molecule has 0 bridgehead atoms. The van der Waals surface area contributed by atoms with Crippen LogP contribution in [0.5, 0.6) is 0 Å². The maximum Gasteiger partial charge on any atom is 0.147 e. The van der Waals surface area contributed by atoms with Crippen LogP contribution in [0.4, 0.5) is 0 Å². The molecule has 0 amide bonds. The molecule has 0 atom stereocenters. The molecule has 1 aliphatic heterocycles. The van der Waals surface area contributed by atoms with Crippen LogP contribution in [0.3, 0.4) is 0 Å². The SMILES string of the molecule is Clc1cccc(Cc2nnc3n2CCNC3)c1. The van der Waals surface area contributed by atoms with Crippen LogP contribution in [0.25, 0.3) is 0 Å². The van der Waals surface area contributed by atoms with Crippen molar-refractivity contribution >= 4 is 11.6 Å². The van der Waals surface area contributed by atoms with Gasteiger partial charge in [-0.2, -0.15) is 0 Å². The van der Waals surface area contributed by atoms with Gasteiger partial charge < -0.3 is 9.88 Å². The topological polar surface area (TPSA) is 42.7 Å². The van der Waals surface area contributed by atoms with E-state index in [4.69, 9.17) is 11.6 Å². The van der Waals surface area contributed by atoms with Crippen molar-refractivity contribution in [1.82, 2.24) is 20.1 Å². The highest BCUT2D eigenvalue weighted by molar-refractivity contribution is 6.30. The molecule has 1 aliphatic rings.